The molecule has 0 radical (unpaired) electrons. The first-order chi connectivity index (χ1) is 9.19. The standard InChI is InChI=1S/C15H31N3O/c1-3-7-14(2)15(19)18-11-6-10-17(12-13-18)9-5-4-8-16/h14H,3-13,16H2,1-2H3. The predicted molar refractivity (Wildman–Crippen MR) is 80.0 cm³/mol. The van der Waals surface area contributed by atoms with E-state index >= 15 is 0 Å². The van der Waals surface area contributed by atoms with E-state index in [1.54, 1.807) is 0 Å². The van der Waals surface area contributed by atoms with E-state index in [9.17, 15) is 4.79 Å². The minimum atomic E-state index is 0.189. The van der Waals surface area contributed by atoms with Crippen LogP contribution in [0.25, 0.3) is 0 Å². The maximum Gasteiger partial charge on any atom is 0.225 e. The Labute approximate surface area is 118 Å². The molecule has 1 heterocycles. The Morgan fingerprint density at radius 1 is 1.21 bits per heavy atom. The molecule has 2 N–H and O–H groups in total. The first-order valence-corrected chi connectivity index (χ1v) is 7.90. The number of carbonyl (C=O) groups excluding carboxylic acids is 1. The monoisotopic (exact) mass is 269 g/mol. The summed E-state index contributed by atoms with van der Waals surface area (Å²) in [5, 5.41) is 0. The lowest BCUT2D eigenvalue weighted by Crippen LogP contribution is -2.38. The quantitative estimate of drug-likeness (QED) is 0.716. The van der Waals surface area contributed by atoms with Crippen molar-refractivity contribution >= 4 is 5.91 Å². The van der Waals surface area contributed by atoms with Crippen LogP contribution in [0.3, 0.4) is 0 Å². The van der Waals surface area contributed by atoms with Gasteiger partial charge >= 0.3 is 0 Å². The van der Waals surface area contributed by atoms with Crippen LogP contribution in [-0.4, -0.2) is 55.0 Å². The fourth-order valence-electron chi connectivity index (χ4n) is 2.76. The van der Waals surface area contributed by atoms with Gasteiger partial charge < -0.3 is 15.5 Å². The van der Waals surface area contributed by atoms with E-state index in [1.807, 2.05) is 0 Å². The van der Waals surface area contributed by atoms with Gasteiger partial charge in [-0.3, -0.25) is 4.79 Å². The van der Waals surface area contributed by atoms with Gasteiger partial charge in [0.05, 0.1) is 0 Å². The Bertz CT molecular complexity index is 258. The van der Waals surface area contributed by atoms with Gasteiger partial charge in [-0.1, -0.05) is 20.3 Å². The second-order valence-electron chi connectivity index (χ2n) is 5.71. The molecule has 1 fully saturated rings. The van der Waals surface area contributed by atoms with Crippen molar-refractivity contribution in [2.24, 2.45) is 11.7 Å². The van der Waals surface area contributed by atoms with Gasteiger partial charge in [0, 0.05) is 25.6 Å². The zero-order valence-corrected chi connectivity index (χ0v) is 12.7. The molecule has 1 atom stereocenters. The molecule has 0 aromatic carbocycles. The van der Waals surface area contributed by atoms with Crippen molar-refractivity contribution in [2.45, 2.75) is 46.0 Å². The zero-order chi connectivity index (χ0) is 14.1. The Morgan fingerprint density at radius 3 is 2.68 bits per heavy atom. The van der Waals surface area contributed by atoms with Crippen LogP contribution in [0.15, 0.2) is 0 Å². The van der Waals surface area contributed by atoms with E-state index in [0.29, 0.717) is 5.91 Å². The zero-order valence-electron chi connectivity index (χ0n) is 12.7. The lowest BCUT2D eigenvalue weighted by atomic mass is 10.0. The summed E-state index contributed by atoms with van der Waals surface area (Å²) in [4.78, 5) is 16.9. The molecule has 0 saturated carbocycles. The summed E-state index contributed by atoms with van der Waals surface area (Å²) in [6, 6.07) is 0. The van der Waals surface area contributed by atoms with Crippen LogP contribution in [-0.2, 0) is 4.79 Å². The maximum absolute atomic E-state index is 12.3. The molecule has 1 aliphatic rings. The molecule has 4 heteroatoms. The Balaban J connectivity index is 2.34. The number of rotatable bonds is 7. The molecule has 19 heavy (non-hydrogen) atoms. The van der Waals surface area contributed by atoms with Crippen molar-refractivity contribution in [2.75, 3.05) is 39.3 Å². The topological polar surface area (TPSA) is 49.6 Å². The third kappa shape index (κ3) is 5.91. The van der Waals surface area contributed by atoms with Gasteiger partial charge in [-0.25, -0.2) is 0 Å². The molecule has 4 nitrogen and oxygen atoms in total. The van der Waals surface area contributed by atoms with E-state index in [4.69, 9.17) is 5.73 Å². The molecule has 1 rings (SSSR count). The van der Waals surface area contributed by atoms with E-state index < -0.39 is 0 Å². The van der Waals surface area contributed by atoms with Crippen LogP contribution in [0.2, 0.25) is 0 Å². The summed E-state index contributed by atoms with van der Waals surface area (Å²) in [7, 11) is 0. The number of hydrogen-bond acceptors (Lipinski definition) is 3. The fraction of sp³-hybridized carbons (Fsp3) is 0.933. The highest BCUT2D eigenvalue weighted by atomic mass is 16.2. The summed E-state index contributed by atoms with van der Waals surface area (Å²) in [6.45, 7) is 10.1. The van der Waals surface area contributed by atoms with Crippen LogP contribution >= 0.6 is 0 Å². The average Bonchev–Trinajstić information content (AvgIpc) is 2.64. The normalized spacial score (nSPS) is 19.2. The van der Waals surface area contributed by atoms with Gasteiger partial charge in [0.2, 0.25) is 5.91 Å². The summed E-state index contributed by atoms with van der Waals surface area (Å²) in [5.41, 5.74) is 5.53. The van der Waals surface area contributed by atoms with Crippen LogP contribution in [0.4, 0.5) is 0 Å². The molecule has 0 bridgehead atoms. The smallest absolute Gasteiger partial charge is 0.225 e. The second kappa shape index (κ2) is 9.32. The van der Waals surface area contributed by atoms with E-state index in [2.05, 4.69) is 23.6 Å². The minimum absolute atomic E-state index is 0.189. The first kappa shape index (κ1) is 16.4. The van der Waals surface area contributed by atoms with Crippen LogP contribution in [0.1, 0.15) is 46.0 Å². The fourth-order valence-corrected chi connectivity index (χ4v) is 2.76. The Morgan fingerprint density at radius 2 is 2.00 bits per heavy atom. The summed E-state index contributed by atoms with van der Waals surface area (Å²) >= 11 is 0. The van der Waals surface area contributed by atoms with Crippen molar-refractivity contribution in [3.05, 3.63) is 0 Å². The van der Waals surface area contributed by atoms with Crippen LogP contribution in [0.5, 0.6) is 0 Å². The maximum atomic E-state index is 12.3. The SMILES string of the molecule is CCCC(C)C(=O)N1CCCN(CCCCN)CC1. The molecule has 1 amide bonds. The molecule has 1 unspecified atom stereocenters. The number of nitrogens with two attached hydrogens (primary N) is 1. The first-order valence-electron chi connectivity index (χ1n) is 7.90. The highest BCUT2D eigenvalue weighted by molar-refractivity contribution is 5.78. The summed E-state index contributed by atoms with van der Waals surface area (Å²) < 4.78 is 0. The van der Waals surface area contributed by atoms with Crippen LogP contribution < -0.4 is 5.73 Å². The number of amides is 1. The molecular weight excluding hydrogens is 238 g/mol. The van der Waals surface area contributed by atoms with E-state index in [-0.39, 0.29) is 5.92 Å². The summed E-state index contributed by atoms with van der Waals surface area (Å²) in [5.74, 6) is 0.541. The number of unbranched alkanes of at least 4 members (excludes halogenated alkanes) is 1. The molecule has 1 saturated heterocycles. The van der Waals surface area contributed by atoms with E-state index in [1.165, 1.54) is 6.42 Å². The lowest BCUT2D eigenvalue weighted by molar-refractivity contribution is -0.135. The third-order valence-corrected chi connectivity index (χ3v) is 3.97. The van der Waals surface area contributed by atoms with Gasteiger partial charge in [0.15, 0.2) is 0 Å². The Kier molecular flexibility index (Phi) is 8.07. The van der Waals surface area contributed by atoms with Crippen molar-refractivity contribution in [1.82, 2.24) is 9.80 Å². The molecular formula is C15H31N3O. The highest BCUT2D eigenvalue weighted by Gasteiger charge is 2.22. The average molecular weight is 269 g/mol. The molecule has 112 valence electrons. The van der Waals surface area contributed by atoms with E-state index in [0.717, 1.165) is 65.0 Å². The van der Waals surface area contributed by atoms with Crippen molar-refractivity contribution in [1.29, 1.82) is 0 Å². The summed E-state index contributed by atoms with van der Waals surface area (Å²) in [6.07, 6.45) is 5.48. The van der Waals surface area contributed by atoms with Crippen LogP contribution in [0, 0.1) is 5.92 Å². The molecule has 0 spiro atoms. The predicted octanol–water partition coefficient (Wildman–Crippen LogP) is 1.70. The molecule has 0 aromatic rings. The van der Waals surface area contributed by atoms with Gasteiger partial charge in [-0.15, -0.1) is 0 Å². The van der Waals surface area contributed by atoms with Crippen molar-refractivity contribution in [3.63, 3.8) is 0 Å². The van der Waals surface area contributed by atoms with Gasteiger partial charge in [-0.05, 0) is 45.3 Å². The number of nitrogens with zero attached hydrogens (tertiary/aromatic N) is 2. The minimum Gasteiger partial charge on any atom is -0.341 e. The number of carbonyl (C=O) groups is 1. The lowest BCUT2D eigenvalue weighted by Gasteiger charge is -2.24. The Hall–Kier alpha value is -0.610. The molecule has 0 aromatic heterocycles. The number of hydrogen-bond donors (Lipinski definition) is 1. The van der Waals surface area contributed by atoms with Gasteiger partial charge in [0.1, 0.15) is 0 Å². The van der Waals surface area contributed by atoms with Gasteiger partial charge in [0.25, 0.3) is 0 Å². The van der Waals surface area contributed by atoms with Gasteiger partial charge in [-0.2, -0.15) is 0 Å². The second-order valence-corrected chi connectivity index (χ2v) is 5.71. The molecule has 1 aliphatic heterocycles. The molecule has 0 aliphatic carbocycles. The van der Waals surface area contributed by atoms with Crippen molar-refractivity contribution in [3.8, 4) is 0 Å². The highest BCUT2D eigenvalue weighted by Crippen LogP contribution is 2.12. The largest absolute Gasteiger partial charge is 0.341 e. The van der Waals surface area contributed by atoms with Crippen molar-refractivity contribution < 1.29 is 4.79 Å². The third-order valence-electron chi connectivity index (χ3n) is 3.97.